The van der Waals surface area contributed by atoms with Gasteiger partial charge in [-0.1, -0.05) is 6.92 Å². The molecule has 2 atom stereocenters. The number of nitrogens with one attached hydrogen (secondary N) is 1. The molecule has 1 fully saturated rings. The molecule has 2 heteroatoms. The van der Waals surface area contributed by atoms with Crippen molar-refractivity contribution in [2.45, 2.75) is 32.2 Å². The van der Waals surface area contributed by atoms with Crippen LogP contribution in [0.2, 0.25) is 0 Å². The minimum Gasteiger partial charge on any atom is -0.313 e. The molecule has 56 valence electrons. The number of piperidine rings is 1. The van der Waals surface area contributed by atoms with Crippen molar-refractivity contribution in [3.63, 3.8) is 0 Å². The Morgan fingerprint density at radius 1 is 1.70 bits per heavy atom. The van der Waals surface area contributed by atoms with E-state index in [0.717, 1.165) is 6.54 Å². The van der Waals surface area contributed by atoms with E-state index in [1.165, 1.54) is 12.8 Å². The molecular formula is C8H14N2. The summed E-state index contributed by atoms with van der Waals surface area (Å²) in [5, 5.41) is 11.8. The number of nitrogens with zero attached hydrogens (tertiary/aromatic N) is 1. The van der Waals surface area contributed by atoms with Crippen LogP contribution in [0.15, 0.2) is 0 Å². The molecule has 1 saturated heterocycles. The van der Waals surface area contributed by atoms with Gasteiger partial charge in [-0.05, 0) is 25.3 Å². The SMILES string of the molecule is CC1CCCNC1CC#N. The van der Waals surface area contributed by atoms with Crippen LogP contribution in [0.25, 0.3) is 0 Å². The largest absolute Gasteiger partial charge is 0.313 e. The van der Waals surface area contributed by atoms with Gasteiger partial charge in [0.25, 0.3) is 0 Å². The molecule has 0 saturated carbocycles. The fraction of sp³-hybridized carbons (Fsp3) is 0.875. The van der Waals surface area contributed by atoms with Crippen molar-refractivity contribution in [2.75, 3.05) is 6.54 Å². The van der Waals surface area contributed by atoms with Crippen LogP contribution < -0.4 is 5.32 Å². The van der Waals surface area contributed by atoms with E-state index in [2.05, 4.69) is 18.3 Å². The Labute approximate surface area is 62.2 Å². The van der Waals surface area contributed by atoms with Gasteiger partial charge in [-0.15, -0.1) is 0 Å². The molecule has 0 aromatic heterocycles. The molecule has 2 nitrogen and oxygen atoms in total. The maximum absolute atomic E-state index is 8.45. The van der Waals surface area contributed by atoms with Crippen molar-refractivity contribution in [1.29, 1.82) is 5.26 Å². The van der Waals surface area contributed by atoms with E-state index in [-0.39, 0.29) is 0 Å². The molecule has 10 heavy (non-hydrogen) atoms. The summed E-state index contributed by atoms with van der Waals surface area (Å²) in [6.07, 6.45) is 3.21. The van der Waals surface area contributed by atoms with Gasteiger partial charge in [-0.25, -0.2) is 0 Å². The molecule has 0 aromatic carbocycles. The molecular weight excluding hydrogens is 124 g/mol. The van der Waals surface area contributed by atoms with Crippen LogP contribution in [-0.2, 0) is 0 Å². The minimum absolute atomic E-state index is 0.457. The lowest BCUT2D eigenvalue weighted by Gasteiger charge is -2.27. The summed E-state index contributed by atoms with van der Waals surface area (Å²) in [5.74, 6) is 0.688. The zero-order chi connectivity index (χ0) is 7.40. The third-order valence-corrected chi connectivity index (χ3v) is 2.24. The topological polar surface area (TPSA) is 35.8 Å². The minimum atomic E-state index is 0.457. The quantitative estimate of drug-likeness (QED) is 0.592. The standard InChI is InChI=1S/C8H14N2/c1-7-3-2-6-10-8(7)4-5-9/h7-8,10H,2-4,6H2,1H3. The second-order valence-corrected chi connectivity index (χ2v) is 3.04. The summed E-state index contributed by atoms with van der Waals surface area (Å²) in [4.78, 5) is 0. The van der Waals surface area contributed by atoms with Gasteiger partial charge in [0.2, 0.25) is 0 Å². The normalized spacial score (nSPS) is 33.2. The van der Waals surface area contributed by atoms with E-state index < -0.39 is 0 Å². The summed E-state index contributed by atoms with van der Waals surface area (Å²) < 4.78 is 0. The van der Waals surface area contributed by atoms with Gasteiger partial charge in [-0.3, -0.25) is 0 Å². The summed E-state index contributed by atoms with van der Waals surface area (Å²) in [5.41, 5.74) is 0. The van der Waals surface area contributed by atoms with Gasteiger partial charge in [0.05, 0.1) is 12.5 Å². The zero-order valence-corrected chi connectivity index (χ0v) is 6.43. The van der Waals surface area contributed by atoms with Crippen LogP contribution in [0.5, 0.6) is 0 Å². The average molecular weight is 138 g/mol. The lowest BCUT2D eigenvalue weighted by Crippen LogP contribution is -2.39. The van der Waals surface area contributed by atoms with Crippen LogP contribution in [0.3, 0.4) is 0 Å². The Balaban J connectivity index is 2.34. The zero-order valence-electron chi connectivity index (χ0n) is 6.43. The fourth-order valence-corrected chi connectivity index (χ4v) is 1.49. The van der Waals surface area contributed by atoms with Gasteiger partial charge in [0, 0.05) is 6.04 Å². The highest BCUT2D eigenvalue weighted by molar-refractivity contribution is 4.86. The molecule has 1 aliphatic heterocycles. The van der Waals surface area contributed by atoms with Crippen LogP contribution in [0.1, 0.15) is 26.2 Å². The molecule has 1 aliphatic rings. The van der Waals surface area contributed by atoms with Gasteiger partial charge < -0.3 is 5.32 Å². The predicted molar refractivity (Wildman–Crippen MR) is 40.4 cm³/mol. The molecule has 0 radical (unpaired) electrons. The van der Waals surface area contributed by atoms with Crippen LogP contribution in [0, 0.1) is 17.2 Å². The Morgan fingerprint density at radius 3 is 3.10 bits per heavy atom. The van der Waals surface area contributed by atoms with E-state index in [4.69, 9.17) is 5.26 Å². The third kappa shape index (κ3) is 1.71. The summed E-state index contributed by atoms with van der Waals surface area (Å²) in [6.45, 7) is 3.31. The lowest BCUT2D eigenvalue weighted by molar-refractivity contribution is 0.303. The molecule has 1 heterocycles. The van der Waals surface area contributed by atoms with Crippen LogP contribution in [-0.4, -0.2) is 12.6 Å². The number of hydrogen-bond donors (Lipinski definition) is 1. The van der Waals surface area contributed by atoms with Gasteiger partial charge in [0.15, 0.2) is 0 Å². The molecule has 0 aromatic rings. The van der Waals surface area contributed by atoms with E-state index in [9.17, 15) is 0 Å². The van der Waals surface area contributed by atoms with E-state index in [0.29, 0.717) is 18.4 Å². The molecule has 0 bridgehead atoms. The molecule has 0 amide bonds. The molecule has 0 spiro atoms. The van der Waals surface area contributed by atoms with Crippen LogP contribution >= 0.6 is 0 Å². The third-order valence-electron chi connectivity index (χ3n) is 2.24. The molecule has 2 unspecified atom stereocenters. The highest BCUT2D eigenvalue weighted by Gasteiger charge is 2.19. The van der Waals surface area contributed by atoms with Gasteiger partial charge in [0.1, 0.15) is 0 Å². The van der Waals surface area contributed by atoms with E-state index in [1.807, 2.05) is 0 Å². The maximum atomic E-state index is 8.45. The monoisotopic (exact) mass is 138 g/mol. The van der Waals surface area contributed by atoms with Crippen molar-refractivity contribution in [3.05, 3.63) is 0 Å². The highest BCUT2D eigenvalue weighted by atomic mass is 14.9. The Bertz CT molecular complexity index is 137. The second kappa shape index (κ2) is 3.58. The summed E-state index contributed by atoms with van der Waals surface area (Å²) in [6, 6.07) is 2.66. The van der Waals surface area contributed by atoms with Crippen molar-refractivity contribution in [3.8, 4) is 6.07 Å². The highest BCUT2D eigenvalue weighted by Crippen LogP contribution is 2.16. The first-order valence-corrected chi connectivity index (χ1v) is 3.95. The first kappa shape index (κ1) is 7.56. The van der Waals surface area contributed by atoms with Crippen molar-refractivity contribution >= 4 is 0 Å². The number of nitriles is 1. The lowest BCUT2D eigenvalue weighted by atomic mass is 9.91. The predicted octanol–water partition coefficient (Wildman–Crippen LogP) is 1.29. The Morgan fingerprint density at radius 2 is 2.50 bits per heavy atom. The van der Waals surface area contributed by atoms with Crippen molar-refractivity contribution in [2.24, 2.45) is 5.92 Å². The molecule has 1 rings (SSSR count). The second-order valence-electron chi connectivity index (χ2n) is 3.04. The molecule has 1 N–H and O–H groups in total. The van der Waals surface area contributed by atoms with Gasteiger partial charge >= 0.3 is 0 Å². The van der Waals surface area contributed by atoms with E-state index in [1.54, 1.807) is 0 Å². The smallest absolute Gasteiger partial charge is 0.0638 e. The number of rotatable bonds is 1. The average Bonchev–Trinajstić information content (AvgIpc) is 1.94. The van der Waals surface area contributed by atoms with E-state index >= 15 is 0 Å². The summed E-state index contributed by atoms with van der Waals surface area (Å²) >= 11 is 0. The first-order valence-electron chi connectivity index (χ1n) is 3.95. The van der Waals surface area contributed by atoms with Gasteiger partial charge in [-0.2, -0.15) is 5.26 Å². The number of hydrogen-bond acceptors (Lipinski definition) is 2. The Hall–Kier alpha value is -0.550. The van der Waals surface area contributed by atoms with Crippen molar-refractivity contribution < 1.29 is 0 Å². The summed E-state index contributed by atoms with van der Waals surface area (Å²) in [7, 11) is 0. The van der Waals surface area contributed by atoms with Crippen LogP contribution in [0.4, 0.5) is 0 Å². The Kier molecular flexibility index (Phi) is 2.70. The maximum Gasteiger partial charge on any atom is 0.0638 e. The fourth-order valence-electron chi connectivity index (χ4n) is 1.49. The molecule has 0 aliphatic carbocycles. The van der Waals surface area contributed by atoms with Crippen molar-refractivity contribution in [1.82, 2.24) is 5.32 Å². The first-order chi connectivity index (χ1) is 4.84.